The number of pyridine rings is 1. The van der Waals surface area contributed by atoms with Crippen molar-refractivity contribution in [2.75, 3.05) is 0 Å². The van der Waals surface area contributed by atoms with Gasteiger partial charge in [0.05, 0.1) is 15.0 Å². The number of nitrogens with zero attached hydrogens (tertiary/aromatic N) is 1. The minimum absolute atomic E-state index is 0.209. The van der Waals surface area contributed by atoms with Crippen LogP contribution in [0, 0.1) is 5.82 Å². The molecule has 0 aliphatic carbocycles. The van der Waals surface area contributed by atoms with Crippen LogP contribution in [0.4, 0.5) is 4.39 Å². The highest BCUT2D eigenvalue weighted by molar-refractivity contribution is 9.10. The van der Waals surface area contributed by atoms with Crippen molar-refractivity contribution in [3.8, 4) is 0 Å². The van der Waals surface area contributed by atoms with Crippen molar-refractivity contribution in [3.63, 3.8) is 0 Å². The largest absolute Gasteiger partial charge is 0.477 e. The Morgan fingerprint density at radius 2 is 2.12 bits per heavy atom. The average Bonchev–Trinajstić information content (AvgIpc) is 2.20. The summed E-state index contributed by atoms with van der Waals surface area (Å²) < 4.78 is 13.5. The van der Waals surface area contributed by atoms with E-state index in [1.807, 2.05) is 0 Å². The molecule has 0 amide bonds. The zero-order valence-electron chi connectivity index (χ0n) is 7.67. The van der Waals surface area contributed by atoms with Crippen LogP contribution in [-0.4, -0.2) is 16.1 Å². The number of aromatic nitrogens is 1. The second-order valence-electron chi connectivity index (χ2n) is 3.08. The smallest absolute Gasteiger partial charge is 0.354 e. The van der Waals surface area contributed by atoms with E-state index in [1.54, 1.807) is 0 Å². The Balaban J connectivity index is 2.82. The zero-order chi connectivity index (χ0) is 11.9. The molecule has 0 saturated heterocycles. The number of carbonyl (C=O) groups is 1. The summed E-state index contributed by atoms with van der Waals surface area (Å²) in [5, 5.41) is 9.49. The molecule has 3 nitrogen and oxygen atoms in total. The molecular weight excluding hydrogens is 300 g/mol. The molecule has 0 fully saturated rings. The van der Waals surface area contributed by atoms with Crippen LogP contribution in [0.3, 0.4) is 0 Å². The standard InChI is InChI=1S/C10H4BrClFNO2/c11-5-1-4-6(12)2-9(10(15)16)14-8(4)3-7(5)13/h1-3H,(H,15,16). The van der Waals surface area contributed by atoms with Crippen molar-refractivity contribution in [1.82, 2.24) is 4.98 Å². The monoisotopic (exact) mass is 303 g/mol. The van der Waals surface area contributed by atoms with Gasteiger partial charge in [0.15, 0.2) is 0 Å². The molecule has 0 radical (unpaired) electrons. The SMILES string of the molecule is O=C(O)c1cc(Cl)c2cc(Br)c(F)cc2n1. The first-order valence-electron chi connectivity index (χ1n) is 4.17. The molecule has 0 aliphatic heterocycles. The Bertz CT molecular complexity index is 603. The van der Waals surface area contributed by atoms with E-state index in [0.717, 1.165) is 6.07 Å². The number of aromatic carboxylic acids is 1. The molecule has 16 heavy (non-hydrogen) atoms. The highest BCUT2D eigenvalue weighted by Gasteiger charge is 2.11. The molecule has 2 rings (SSSR count). The normalized spacial score (nSPS) is 10.7. The Hall–Kier alpha value is -1.20. The van der Waals surface area contributed by atoms with Gasteiger partial charge in [0, 0.05) is 11.5 Å². The minimum Gasteiger partial charge on any atom is -0.477 e. The lowest BCUT2D eigenvalue weighted by Crippen LogP contribution is -2.00. The van der Waals surface area contributed by atoms with Crippen LogP contribution in [0.25, 0.3) is 10.9 Å². The van der Waals surface area contributed by atoms with E-state index in [-0.39, 0.29) is 20.7 Å². The van der Waals surface area contributed by atoms with Gasteiger partial charge in [-0.1, -0.05) is 11.6 Å². The van der Waals surface area contributed by atoms with Gasteiger partial charge in [0.25, 0.3) is 0 Å². The van der Waals surface area contributed by atoms with Crippen molar-refractivity contribution in [2.24, 2.45) is 0 Å². The third-order valence-electron chi connectivity index (χ3n) is 2.02. The first-order valence-corrected chi connectivity index (χ1v) is 5.34. The van der Waals surface area contributed by atoms with Crippen molar-refractivity contribution in [1.29, 1.82) is 0 Å². The number of carboxylic acids is 1. The fourth-order valence-electron chi connectivity index (χ4n) is 1.29. The summed E-state index contributed by atoms with van der Waals surface area (Å²) in [7, 11) is 0. The van der Waals surface area contributed by atoms with Crippen LogP contribution in [-0.2, 0) is 0 Å². The number of benzene rings is 1. The van der Waals surface area contributed by atoms with Gasteiger partial charge in [0.2, 0.25) is 0 Å². The third kappa shape index (κ3) is 1.88. The predicted molar refractivity (Wildman–Crippen MR) is 61.4 cm³/mol. The first kappa shape index (κ1) is 11.3. The third-order valence-corrected chi connectivity index (χ3v) is 2.94. The lowest BCUT2D eigenvalue weighted by molar-refractivity contribution is 0.0691. The number of rotatable bonds is 1. The van der Waals surface area contributed by atoms with Crippen molar-refractivity contribution < 1.29 is 14.3 Å². The van der Waals surface area contributed by atoms with Crippen LogP contribution >= 0.6 is 27.5 Å². The zero-order valence-corrected chi connectivity index (χ0v) is 10.0. The Morgan fingerprint density at radius 3 is 2.75 bits per heavy atom. The molecule has 0 aliphatic rings. The van der Waals surface area contributed by atoms with E-state index < -0.39 is 11.8 Å². The van der Waals surface area contributed by atoms with Gasteiger partial charge in [0.1, 0.15) is 11.5 Å². The first-order chi connectivity index (χ1) is 7.49. The maximum absolute atomic E-state index is 13.2. The molecule has 1 aromatic heterocycles. The summed E-state index contributed by atoms with van der Waals surface area (Å²) in [6, 6.07) is 3.83. The molecule has 1 heterocycles. The second-order valence-corrected chi connectivity index (χ2v) is 4.34. The molecule has 2 aromatic rings. The van der Waals surface area contributed by atoms with Crippen molar-refractivity contribution >= 4 is 44.4 Å². The quantitative estimate of drug-likeness (QED) is 0.877. The molecule has 0 saturated carbocycles. The summed E-state index contributed by atoms with van der Waals surface area (Å²) in [4.78, 5) is 14.5. The van der Waals surface area contributed by atoms with Crippen LogP contribution in [0.15, 0.2) is 22.7 Å². The topological polar surface area (TPSA) is 50.2 Å². The van der Waals surface area contributed by atoms with E-state index in [1.165, 1.54) is 12.1 Å². The fraction of sp³-hybridized carbons (Fsp3) is 0. The molecule has 0 spiro atoms. The molecule has 0 unspecified atom stereocenters. The Morgan fingerprint density at radius 1 is 1.44 bits per heavy atom. The highest BCUT2D eigenvalue weighted by Crippen LogP contribution is 2.28. The van der Waals surface area contributed by atoms with E-state index in [4.69, 9.17) is 16.7 Å². The highest BCUT2D eigenvalue weighted by atomic mass is 79.9. The van der Waals surface area contributed by atoms with Crippen molar-refractivity contribution in [2.45, 2.75) is 0 Å². The van der Waals surface area contributed by atoms with Gasteiger partial charge in [-0.2, -0.15) is 0 Å². The lowest BCUT2D eigenvalue weighted by Gasteiger charge is -2.03. The van der Waals surface area contributed by atoms with Gasteiger partial charge < -0.3 is 5.11 Å². The summed E-state index contributed by atoms with van der Waals surface area (Å²) in [5.41, 5.74) is 0.00447. The number of carboxylic acid groups (broad SMARTS) is 1. The number of hydrogen-bond donors (Lipinski definition) is 1. The van der Waals surface area contributed by atoms with E-state index in [0.29, 0.717) is 5.39 Å². The molecule has 1 N–H and O–H groups in total. The van der Waals surface area contributed by atoms with Crippen LogP contribution in [0.5, 0.6) is 0 Å². The summed E-state index contributed by atoms with van der Waals surface area (Å²) in [5.74, 6) is -1.72. The van der Waals surface area contributed by atoms with Gasteiger partial charge in [-0.3, -0.25) is 0 Å². The number of halogens is 3. The predicted octanol–water partition coefficient (Wildman–Crippen LogP) is 3.49. The van der Waals surface area contributed by atoms with Gasteiger partial charge in [-0.15, -0.1) is 0 Å². The molecule has 6 heteroatoms. The van der Waals surface area contributed by atoms with Crippen LogP contribution in [0.2, 0.25) is 5.02 Å². The molecule has 82 valence electrons. The van der Waals surface area contributed by atoms with Gasteiger partial charge in [-0.05, 0) is 28.1 Å². The molecule has 1 aromatic carbocycles. The molecule has 0 atom stereocenters. The van der Waals surface area contributed by atoms with Crippen LogP contribution < -0.4 is 0 Å². The fourth-order valence-corrected chi connectivity index (χ4v) is 1.89. The number of hydrogen-bond acceptors (Lipinski definition) is 2. The van der Waals surface area contributed by atoms with E-state index >= 15 is 0 Å². The van der Waals surface area contributed by atoms with Gasteiger partial charge in [-0.25, -0.2) is 14.2 Å². The van der Waals surface area contributed by atoms with Gasteiger partial charge >= 0.3 is 5.97 Å². The van der Waals surface area contributed by atoms with E-state index in [2.05, 4.69) is 20.9 Å². The van der Waals surface area contributed by atoms with Crippen molar-refractivity contribution in [3.05, 3.63) is 39.2 Å². The summed E-state index contributed by atoms with van der Waals surface area (Å²) >= 11 is 8.90. The minimum atomic E-state index is -1.20. The summed E-state index contributed by atoms with van der Waals surface area (Å²) in [6.07, 6.45) is 0. The maximum Gasteiger partial charge on any atom is 0.354 e. The lowest BCUT2D eigenvalue weighted by atomic mass is 10.2. The summed E-state index contributed by atoms with van der Waals surface area (Å²) in [6.45, 7) is 0. The number of fused-ring (bicyclic) bond motifs is 1. The molecular formula is C10H4BrClFNO2. The molecule has 0 bridgehead atoms. The van der Waals surface area contributed by atoms with E-state index in [9.17, 15) is 9.18 Å². The average molecular weight is 305 g/mol. The Kier molecular flexibility index (Phi) is 2.82. The maximum atomic E-state index is 13.2. The van der Waals surface area contributed by atoms with Crippen LogP contribution in [0.1, 0.15) is 10.5 Å². The second kappa shape index (κ2) is 3.99. The Labute approximate surface area is 103 Å².